The van der Waals surface area contributed by atoms with Crippen molar-refractivity contribution in [2.24, 2.45) is 29.6 Å². The molecule has 0 aliphatic heterocycles. The molecule has 0 aromatic heterocycles. The molecule has 0 radical (unpaired) electrons. The van der Waals surface area contributed by atoms with Gasteiger partial charge >= 0.3 is 12.4 Å². The van der Waals surface area contributed by atoms with Crippen molar-refractivity contribution in [3.63, 3.8) is 0 Å². The Morgan fingerprint density at radius 3 is 1.91 bits per heavy atom. The highest BCUT2D eigenvalue weighted by atomic mass is 19.4. The van der Waals surface area contributed by atoms with E-state index >= 15 is 0 Å². The Labute approximate surface area is 124 Å². The van der Waals surface area contributed by atoms with Gasteiger partial charge in [0.25, 0.3) is 5.60 Å². The summed E-state index contributed by atoms with van der Waals surface area (Å²) in [5.41, 5.74) is -4.81. The van der Waals surface area contributed by atoms with Crippen LogP contribution in [-0.2, 0) is 4.74 Å². The minimum absolute atomic E-state index is 0.0260. The average Bonchev–Trinajstić information content (AvgIpc) is 2.87. The normalized spacial score (nSPS) is 36.1. The van der Waals surface area contributed by atoms with E-state index in [1.54, 1.807) is 0 Å². The van der Waals surface area contributed by atoms with Crippen LogP contribution in [0.4, 0.5) is 26.3 Å². The van der Waals surface area contributed by atoms with E-state index in [0.29, 0.717) is 17.8 Å². The van der Waals surface area contributed by atoms with Crippen molar-refractivity contribution in [1.29, 1.82) is 0 Å². The molecule has 0 aromatic carbocycles. The summed E-state index contributed by atoms with van der Waals surface area (Å²) in [5.74, 6) is 1.66. The molecule has 1 N–H and O–H groups in total. The summed E-state index contributed by atoms with van der Waals surface area (Å²) in [5, 5.41) is 9.01. The van der Waals surface area contributed by atoms with E-state index in [9.17, 15) is 26.3 Å². The lowest BCUT2D eigenvalue weighted by molar-refractivity contribution is -0.378. The zero-order valence-electron chi connectivity index (χ0n) is 12.3. The van der Waals surface area contributed by atoms with Crippen LogP contribution >= 0.6 is 0 Å². The van der Waals surface area contributed by atoms with E-state index in [1.807, 2.05) is 0 Å². The van der Waals surface area contributed by atoms with Crippen LogP contribution in [-0.4, -0.2) is 36.3 Å². The summed E-state index contributed by atoms with van der Waals surface area (Å²) in [6.45, 7) is 2.20. The Kier molecular flexibility index (Phi) is 4.50. The lowest BCUT2D eigenvalue weighted by Crippen LogP contribution is -2.60. The third-order valence-corrected chi connectivity index (χ3v) is 5.61. The fourth-order valence-electron chi connectivity index (χ4n) is 3.97. The number of halogens is 6. The van der Waals surface area contributed by atoms with Crippen LogP contribution in [0.25, 0.3) is 0 Å². The van der Waals surface area contributed by atoms with Crippen LogP contribution in [0.2, 0.25) is 0 Å². The Morgan fingerprint density at radius 2 is 1.50 bits per heavy atom. The van der Waals surface area contributed by atoms with Crippen molar-refractivity contribution in [2.75, 3.05) is 13.2 Å². The summed E-state index contributed by atoms with van der Waals surface area (Å²) in [6.07, 6.45) is -9.91. The largest absolute Gasteiger partial charge is 0.428 e. The number of ether oxygens (including phenoxy) is 1. The minimum atomic E-state index is -5.82. The van der Waals surface area contributed by atoms with Crippen molar-refractivity contribution in [1.82, 2.24) is 0 Å². The fourth-order valence-corrected chi connectivity index (χ4v) is 3.97. The van der Waals surface area contributed by atoms with Gasteiger partial charge < -0.3 is 9.84 Å². The quantitative estimate of drug-likeness (QED) is 0.793. The Bertz CT molecular complexity index is 389. The first-order valence-corrected chi connectivity index (χ1v) is 7.32. The first-order valence-electron chi connectivity index (χ1n) is 7.32. The van der Waals surface area contributed by atoms with Crippen LogP contribution in [0.3, 0.4) is 0 Å². The van der Waals surface area contributed by atoms with Gasteiger partial charge in [0.1, 0.15) is 0 Å². The molecule has 2 aliphatic rings. The van der Waals surface area contributed by atoms with Gasteiger partial charge in [-0.2, -0.15) is 26.3 Å². The van der Waals surface area contributed by atoms with Crippen LogP contribution in [0.1, 0.15) is 26.7 Å². The predicted octanol–water partition coefficient (Wildman–Crippen LogP) is 3.79. The maximum absolute atomic E-state index is 12.5. The molecule has 5 unspecified atom stereocenters. The zero-order chi connectivity index (χ0) is 16.9. The van der Waals surface area contributed by atoms with Gasteiger partial charge in [-0.3, -0.25) is 0 Å². The van der Waals surface area contributed by atoms with Crippen LogP contribution in [0.15, 0.2) is 0 Å². The molecule has 2 nitrogen and oxygen atoms in total. The average molecular weight is 334 g/mol. The molecule has 2 bridgehead atoms. The molecule has 0 spiro atoms. The number of alkyl halides is 6. The van der Waals surface area contributed by atoms with Gasteiger partial charge in [0.2, 0.25) is 0 Å². The molecular formula is C14H20F6O2. The monoisotopic (exact) mass is 334 g/mol. The molecular weight excluding hydrogens is 314 g/mol. The number of fused-ring (bicyclic) bond motifs is 2. The second-order valence-corrected chi connectivity index (χ2v) is 6.74. The molecule has 0 aromatic rings. The predicted molar refractivity (Wildman–Crippen MR) is 65.9 cm³/mol. The summed E-state index contributed by atoms with van der Waals surface area (Å²) in [7, 11) is 0. The minimum Gasteiger partial charge on any atom is -0.377 e. The highest BCUT2D eigenvalue weighted by Crippen LogP contribution is 2.55. The fraction of sp³-hybridized carbons (Fsp3) is 1.00. The molecule has 8 heteroatoms. The van der Waals surface area contributed by atoms with E-state index in [-0.39, 0.29) is 18.4 Å². The van der Waals surface area contributed by atoms with E-state index in [4.69, 9.17) is 5.11 Å². The lowest BCUT2D eigenvalue weighted by Gasteiger charge is -2.34. The number of rotatable bonds is 4. The molecule has 5 atom stereocenters. The zero-order valence-corrected chi connectivity index (χ0v) is 12.3. The van der Waals surface area contributed by atoms with Gasteiger partial charge in [0, 0.05) is 6.61 Å². The second-order valence-electron chi connectivity index (χ2n) is 6.74. The van der Waals surface area contributed by atoms with Crippen molar-refractivity contribution in [2.45, 2.75) is 44.6 Å². The standard InChI is InChI=1S/C14H20F6O2/c1-7-8(2)11-4-9(7)3-10(11)5-22-6-12(21,13(15,16)17)14(18,19)20/h7-11,21H,3-6H2,1-2H3. The van der Waals surface area contributed by atoms with Crippen molar-refractivity contribution < 1.29 is 36.2 Å². The maximum Gasteiger partial charge on any atom is 0.428 e. The van der Waals surface area contributed by atoms with Crippen LogP contribution in [0, 0.1) is 29.6 Å². The SMILES string of the molecule is CC1C2CC(COCC(O)(C(F)(F)F)C(F)(F)F)C(C2)C1C. The molecule has 2 rings (SSSR count). The van der Waals surface area contributed by atoms with E-state index in [1.165, 1.54) is 0 Å². The lowest BCUT2D eigenvalue weighted by atomic mass is 9.76. The van der Waals surface area contributed by atoms with Crippen molar-refractivity contribution in [3.8, 4) is 0 Å². The molecule has 2 aliphatic carbocycles. The highest BCUT2D eigenvalue weighted by molar-refractivity contribution is 4.98. The number of hydrogen-bond acceptors (Lipinski definition) is 2. The van der Waals surface area contributed by atoms with Gasteiger partial charge in [-0.1, -0.05) is 13.8 Å². The Hall–Kier alpha value is -0.500. The van der Waals surface area contributed by atoms with Gasteiger partial charge in [0.05, 0.1) is 6.61 Å². The molecule has 0 amide bonds. The smallest absolute Gasteiger partial charge is 0.377 e. The van der Waals surface area contributed by atoms with E-state index in [2.05, 4.69) is 18.6 Å². The third-order valence-electron chi connectivity index (χ3n) is 5.61. The van der Waals surface area contributed by atoms with Crippen molar-refractivity contribution in [3.05, 3.63) is 0 Å². The molecule has 2 saturated carbocycles. The van der Waals surface area contributed by atoms with Gasteiger partial charge in [-0.15, -0.1) is 0 Å². The summed E-state index contributed by atoms with van der Waals surface area (Å²) < 4.78 is 79.8. The topological polar surface area (TPSA) is 29.5 Å². The molecule has 0 saturated heterocycles. The van der Waals surface area contributed by atoms with Crippen molar-refractivity contribution >= 4 is 0 Å². The van der Waals surface area contributed by atoms with Crippen LogP contribution < -0.4 is 0 Å². The van der Waals surface area contributed by atoms with Gasteiger partial charge in [0.15, 0.2) is 0 Å². The second kappa shape index (κ2) is 5.54. The Balaban J connectivity index is 1.93. The molecule has 2 fully saturated rings. The summed E-state index contributed by atoms with van der Waals surface area (Å²) in [6, 6.07) is 0. The number of hydrogen-bond donors (Lipinski definition) is 1. The highest BCUT2D eigenvalue weighted by Gasteiger charge is 2.70. The molecule has 130 valence electrons. The van der Waals surface area contributed by atoms with Gasteiger partial charge in [-0.05, 0) is 42.4 Å². The van der Waals surface area contributed by atoms with Gasteiger partial charge in [-0.25, -0.2) is 0 Å². The number of aliphatic hydroxyl groups is 1. The summed E-state index contributed by atoms with van der Waals surface area (Å²) >= 11 is 0. The first-order chi connectivity index (χ1) is 9.88. The Morgan fingerprint density at radius 1 is 0.955 bits per heavy atom. The molecule has 0 heterocycles. The third kappa shape index (κ3) is 2.84. The summed E-state index contributed by atoms with van der Waals surface area (Å²) in [4.78, 5) is 0. The maximum atomic E-state index is 12.5. The van der Waals surface area contributed by atoms with Crippen LogP contribution in [0.5, 0.6) is 0 Å². The van der Waals surface area contributed by atoms with E-state index < -0.39 is 24.6 Å². The molecule has 22 heavy (non-hydrogen) atoms. The van der Waals surface area contributed by atoms with E-state index in [0.717, 1.165) is 12.8 Å². The first kappa shape index (κ1) is 17.8.